The predicted octanol–water partition coefficient (Wildman–Crippen LogP) is 6.13. The molecule has 2 unspecified atom stereocenters. The van der Waals surface area contributed by atoms with Crippen LogP contribution >= 0.6 is 25.3 Å². The average Bonchev–Trinajstić information content (AvgIpc) is 2.65. The Bertz CT molecular complexity index is 351. The number of carbonyl (C=O) groups excluding carboxylic acids is 2. The largest absolute Gasteiger partial charge is 0.468 e. The molecule has 2 atom stereocenters. The van der Waals surface area contributed by atoms with Crippen molar-refractivity contribution in [1.82, 2.24) is 0 Å². The Kier molecular flexibility index (Phi) is 21.2. The van der Waals surface area contributed by atoms with Gasteiger partial charge in [-0.15, -0.1) is 0 Å². The fourth-order valence-corrected chi connectivity index (χ4v) is 3.22. The molecule has 0 rings (SSSR count). The molecule has 0 aliphatic heterocycles. The van der Waals surface area contributed by atoms with E-state index in [9.17, 15) is 9.59 Å². The Morgan fingerprint density at radius 2 is 0.893 bits per heavy atom. The van der Waals surface area contributed by atoms with Gasteiger partial charge in [-0.2, -0.15) is 25.3 Å². The SMILES string of the molecule is COC(=O)C(S)CCCCCC(C)C.COC(=O)C(S)CCCCCC(C)C. The fraction of sp³-hybridized carbons (Fsp3) is 0.909. The van der Waals surface area contributed by atoms with E-state index < -0.39 is 0 Å². The summed E-state index contributed by atoms with van der Waals surface area (Å²) in [4.78, 5) is 22.0. The van der Waals surface area contributed by atoms with Gasteiger partial charge in [-0.1, -0.05) is 79.1 Å². The summed E-state index contributed by atoms with van der Waals surface area (Å²) in [5.74, 6) is 1.14. The number of unbranched alkanes of at least 4 members (excludes halogenated alkanes) is 4. The Morgan fingerprint density at radius 3 is 1.14 bits per heavy atom. The first kappa shape index (κ1) is 29.8. The van der Waals surface area contributed by atoms with E-state index in [0.717, 1.165) is 37.5 Å². The normalized spacial score (nSPS) is 12.9. The molecular weight excluding hydrogens is 392 g/mol. The number of rotatable bonds is 14. The van der Waals surface area contributed by atoms with E-state index in [-0.39, 0.29) is 22.4 Å². The lowest BCUT2D eigenvalue weighted by molar-refractivity contribution is -0.140. The third kappa shape index (κ3) is 20.4. The van der Waals surface area contributed by atoms with Crippen molar-refractivity contribution in [2.75, 3.05) is 14.2 Å². The first-order valence-corrected chi connectivity index (χ1v) is 11.7. The molecule has 28 heavy (non-hydrogen) atoms. The van der Waals surface area contributed by atoms with Crippen molar-refractivity contribution in [3.05, 3.63) is 0 Å². The molecule has 0 aromatic carbocycles. The van der Waals surface area contributed by atoms with Gasteiger partial charge in [0, 0.05) is 0 Å². The zero-order chi connectivity index (χ0) is 21.9. The first-order valence-electron chi connectivity index (χ1n) is 10.7. The van der Waals surface area contributed by atoms with Crippen molar-refractivity contribution in [2.45, 2.75) is 102 Å². The number of ether oxygens (including phenoxy) is 2. The van der Waals surface area contributed by atoms with Crippen LogP contribution in [0.15, 0.2) is 0 Å². The van der Waals surface area contributed by atoms with Crippen molar-refractivity contribution in [3.63, 3.8) is 0 Å². The second-order valence-corrected chi connectivity index (χ2v) is 9.39. The lowest BCUT2D eigenvalue weighted by Gasteiger charge is -2.08. The highest BCUT2D eigenvalue weighted by Crippen LogP contribution is 2.14. The molecule has 0 amide bonds. The van der Waals surface area contributed by atoms with E-state index in [1.54, 1.807) is 0 Å². The van der Waals surface area contributed by atoms with Gasteiger partial charge < -0.3 is 9.47 Å². The molecule has 0 heterocycles. The number of methoxy groups -OCH3 is 2. The standard InChI is InChI=1S/2C11H22O2S/c2*1-9(2)7-5-4-6-8-10(14)11(12)13-3/h2*9-10,14H,4-8H2,1-3H3. The Balaban J connectivity index is 0. The summed E-state index contributed by atoms with van der Waals surface area (Å²) in [5.41, 5.74) is 0. The minimum Gasteiger partial charge on any atom is -0.468 e. The number of carbonyl (C=O) groups is 2. The van der Waals surface area contributed by atoms with Crippen molar-refractivity contribution >= 4 is 37.2 Å². The van der Waals surface area contributed by atoms with Gasteiger partial charge in [-0.3, -0.25) is 9.59 Å². The van der Waals surface area contributed by atoms with Crippen LogP contribution in [0.4, 0.5) is 0 Å². The topological polar surface area (TPSA) is 52.6 Å². The minimum atomic E-state index is -0.237. The summed E-state index contributed by atoms with van der Waals surface area (Å²) in [6.45, 7) is 8.93. The van der Waals surface area contributed by atoms with Crippen LogP contribution < -0.4 is 0 Å². The van der Waals surface area contributed by atoms with Crippen LogP contribution in [-0.4, -0.2) is 36.7 Å². The van der Waals surface area contributed by atoms with Gasteiger partial charge in [0.2, 0.25) is 0 Å². The highest BCUT2D eigenvalue weighted by atomic mass is 32.1. The van der Waals surface area contributed by atoms with Gasteiger partial charge in [0.15, 0.2) is 0 Å². The lowest BCUT2D eigenvalue weighted by Crippen LogP contribution is -2.15. The van der Waals surface area contributed by atoms with E-state index in [0.29, 0.717) is 0 Å². The number of esters is 2. The summed E-state index contributed by atoms with van der Waals surface area (Å²) in [5, 5.41) is -0.474. The van der Waals surface area contributed by atoms with Crippen molar-refractivity contribution in [2.24, 2.45) is 11.8 Å². The molecule has 0 aliphatic rings. The number of hydrogen-bond acceptors (Lipinski definition) is 6. The molecular formula is C22H44O4S2. The zero-order valence-corrected chi connectivity index (χ0v) is 20.7. The van der Waals surface area contributed by atoms with Crippen molar-refractivity contribution < 1.29 is 19.1 Å². The Morgan fingerprint density at radius 1 is 0.607 bits per heavy atom. The smallest absolute Gasteiger partial charge is 0.318 e. The van der Waals surface area contributed by atoms with Crippen molar-refractivity contribution in [3.8, 4) is 0 Å². The molecule has 0 fully saturated rings. The predicted molar refractivity (Wildman–Crippen MR) is 125 cm³/mol. The maximum absolute atomic E-state index is 11.0. The summed E-state index contributed by atoms with van der Waals surface area (Å²) in [6.07, 6.45) is 11.2. The van der Waals surface area contributed by atoms with Crippen LogP contribution in [0.2, 0.25) is 0 Å². The lowest BCUT2D eigenvalue weighted by atomic mass is 10.0. The second kappa shape index (κ2) is 19.9. The fourth-order valence-electron chi connectivity index (χ4n) is 2.64. The Labute approximate surface area is 184 Å². The highest BCUT2D eigenvalue weighted by molar-refractivity contribution is 7.82. The minimum absolute atomic E-state index is 0.211. The second-order valence-electron chi connectivity index (χ2n) is 8.14. The van der Waals surface area contributed by atoms with Crippen LogP contribution in [0.5, 0.6) is 0 Å². The van der Waals surface area contributed by atoms with Gasteiger partial charge in [0.25, 0.3) is 0 Å². The van der Waals surface area contributed by atoms with E-state index >= 15 is 0 Å². The van der Waals surface area contributed by atoms with Crippen molar-refractivity contribution in [1.29, 1.82) is 0 Å². The number of hydrogen-bond donors (Lipinski definition) is 2. The molecule has 0 N–H and O–H groups in total. The molecule has 0 spiro atoms. The third-order valence-corrected chi connectivity index (χ3v) is 5.40. The van der Waals surface area contributed by atoms with Crippen LogP contribution in [-0.2, 0) is 19.1 Å². The molecule has 0 aliphatic carbocycles. The molecule has 0 radical (unpaired) electrons. The monoisotopic (exact) mass is 436 g/mol. The highest BCUT2D eigenvalue weighted by Gasteiger charge is 2.13. The number of thiol groups is 2. The van der Waals surface area contributed by atoms with E-state index in [1.165, 1.54) is 52.7 Å². The molecule has 0 bridgehead atoms. The quantitative estimate of drug-likeness (QED) is 0.195. The summed E-state index contributed by atoms with van der Waals surface area (Å²) < 4.78 is 9.18. The molecule has 168 valence electrons. The molecule has 0 aromatic rings. The first-order chi connectivity index (χ1) is 13.1. The zero-order valence-electron chi connectivity index (χ0n) is 18.9. The Hall–Kier alpha value is -0.360. The summed E-state index contributed by atoms with van der Waals surface area (Å²) in [7, 11) is 2.81. The van der Waals surface area contributed by atoms with Gasteiger partial charge in [-0.25, -0.2) is 0 Å². The van der Waals surface area contributed by atoms with E-state index in [4.69, 9.17) is 0 Å². The summed E-state index contributed by atoms with van der Waals surface area (Å²) >= 11 is 8.35. The maximum Gasteiger partial charge on any atom is 0.318 e. The van der Waals surface area contributed by atoms with Gasteiger partial charge >= 0.3 is 11.9 Å². The van der Waals surface area contributed by atoms with Crippen LogP contribution in [0, 0.1) is 11.8 Å². The molecule has 6 heteroatoms. The van der Waals surface area contributed by atoms with Gasteiger partial charge in [0.05, 0.1) is 24.7 Å². The molecule has 4 nitrogen and oxygen atoms in total. The van der Waals surface area contributed by atoms with Crippen LogP contribution in [0.1, 0.15) is 91.9 Å². The molecule has 0 aromatic heterocycles. The molecule has 0 saturated carbocycles. The van der Waals surface area contributed by atoms with Crippen LogP contribution in [0.25, 0.3) is 0 Å². The summed E-state index contributed by atoms with van der Waals surface area (Å²) in [6, 6.07) is 0. The van der Waals surface area contributed by atoms with E-state index in [1.807, 2.05) is 0 Å². The average molecular weight is 437 g/mol. The molecule has 0 saturated heterocycles. The van der Waals surface area contributed by atoms with E-state index in [2.05, 4.69) is 62.4 Å². The van der Waals surface area contributed by atoms with Gasteiger partial charge in [-0.05, 0) is 24.7 Å². The van der Waals surface area contributed by atoms with Gasteiger partial charge in [0.1, 0.15) is 0 Å². The van der Waals surface area contributed by atoms with Crippen LogP contribution in [0.3, 0.4) is 0 Å². The third-order valence-electron chi connectivity index (χ3n) is 4.46. The maximum atomic E-state index is 11.0.